The number of aromatic nitrogens is 2. The van der Waals surface area contributed by atoms with Gasteiger partial charge in [0.25, 0.3) is 0 Å². The van der Waals surface area contributed by atoms with Crippen LogP contribution in [0.25, 0.3) is 0 Å². The number of pyridine rings is 2. The van der Waals surface area contributed by atoms with Gasteiger partial charge in [-0.15, -0.1) is 0 Å². The van der Waals surface area contributed by atoms with Gasteiger partial charge < -0.3 is 10.1 Å². The topological polar surface area (TPSA) is 59.4 Å². The quantitative estimate of drug-likeness (QED) is 0.643. The highest BCUT2D eigenvalue weighted by molar-refractivity contribution is 5.83. The lowest BCUT2D eigenvalue weighted by Gasteiger charge is -2.31. The predicted molar refractivity (Wildman–Crippen MR) is 119 cm³/mol. The number of aliphatic imine (C=N–C) groups is 1. The largest absolute Gasteiger partial charge is 0.456 e. The number of rotatable bonds is 4. The highest BCUT2D eigenvalue weighted by Crippen LogP contribution is 2.42. The van der Waals surface area contributed by atoms with E-state index in [0.29, 0.717) is 0 Å². The molecule has 2 aromatic heterocycles. The molecule has 2 aromatic rings. The Kier molecular flexibility index (Phi) is 5.25. The molecule has 0 atom stereocenters. The van der Waals surface area contributed by atoms with E-state index in [9.17, 15) is 0 Å². The van der Waals surface area contributed by atoms with Crippen molar-refractivity contribution in [3.8, 4) is 0 Å². The van der Waals surface area contributed by atoms with E-state index in [1.807, 2.05) is 48.8 Å². The van der Waals surface area contributed by atoms with Crippen LogP contribution in [0.2, 0.25) is 0 Å². The summed E-state index contributed by atoms with van der Waals surface area (Å²) in [6.45, 7) is 0. The molecule has 1 aliphatic heterocycles. The Morgan fingerprint density at radius 2 is 1.77 bits per heavy atom. The fourth-order valence-electron chi connectivity index (χ4n) is 4.10. The van der Waals surface area contributed by atoms with Crippen molar-refractivity contribution in [1.82, 2.24) is 9.97 Å². The molecule has 150 valence electrons. The first-order valence-corrected chi connectivity index (χ1v) is 10.5. The summed E-state index contributed by atoms with van der Waals surface area (Å²) in [4.78, 5) is 13.2. The van der Waals surface area contributed by atoms with Gasteiger partial charge >= 0.3 is 0 Å². The highest BCUT2D eigenvalue weighted by Gasteiger charge is 2.28. The van der Waals surface area contributed by atoms with E-state index in [1.54, 1.807) is 12.4 Å². The van der Waals surface area contributed by atoms with E-state index >= 15 is 0 Å². The van der Waals surface area contributed by atoms with Crippen molar-refractivity contribution >= 4 is 17.9 Å². The van der Waals surface area contributed by atoms with Gasteiger partial charge in [0.1, 0.15) is 17.3 Å². The Morgan fingerprint density at radius 1 is 0.900 bits per heavy atom. The molecule has 0 aromatic carbocycles. The monoisotopic (exact) mass is 396 g/mol. The maximum atomic E-state index is 6.55. The molecule has 0 bridgehead atoms. The molecule has 5 rings (SSSR count). The second kappa shape index (κ2) is 8.49. The molecule has 0 spiro atoms. The predicted octanol–water partition coefficient (Wildman–Crippen LogP) is 6.01. The average Bonchev–Trinajstić information content (AvgIpc) is 2.81. The van der Waals surface area contributed by atoms with Crippen LogP contribution in [0.5, 0.6) is 0 Å². The van der Waals surface area contributed by atoms with Crippen LogP contribution in [0.4, 0.5) is 11.6 Å². The molecule has 30 heavy (non-hydrogen) atoms. The Morgan fingerprint density at radius 3 is 2.60 bits per heavy atom. The van der Waals surface area contributed by atoms with E-state index in [-0.39, 0.29) is 0 Å². The van der Waals surface area contributed by atoms with Gasteiger partial charge in [0.2, 0.25) is 0 Å². The zero-order valence-corrected chi connectivity index (χ0v) is 16.8. The second-order valence-corrected chi connectivity index (χ2v) is 7.66. The maximum Gasteiger partial charge on any atom is 0.151 e. The fourth-order valence-corrected chi connectivity index (χ4v) is 4.10. The molecular formula is C25H24N4O. The van der Waals surface area contributed by atoms with Crippen LogP contribution in [-0.2, 0) is 4.74 Å². The lowest BCUT2D eigenvalue weighted by atomic mass is 9.86. The van der Waals surface area contributed by atoms with Crippen LogP contribution < -0.4 is 5.32 Å². The highest BCUT2D eigenvalue weighted by atomic mass is 16.5. The summed E-state index contributed by atoms with van der Waals surface area (Å²) < 4.78 is 6.55. The normalized spacial score (nSPS) is 20.0. The number of nitrogens with zero attached hydrogens (tertiary/aromatic N) is 3. The number of hydrogen-bond donors (Lipinski definition) is 1. The number of anilines is 1. The summed E-state index contributed by atoms with van der Waals surface area (Å²) in [5, 5.41) is 3.32. The molecule has 0 fully saturated rings. The summed E-state index contributed by atoms with van der Waals surface area (Å²) in [5.74, 6) is 3.53. The van der Waals surface area contributed by atoms with Crippen molar-refractivity contribution in [3.63, 3.8) is 0 Å². The van der Waals surface area contributed by atoms with Crippen LogP contribution in [0.1, 0.15) is 38.5 Å². The third kappa shape index (κ3) is 3.96. The van der Waals surface area contributed by atoms with Crippen LogP contribution in [-0.4, -0.2) is 16.2 Å². The smallest absolute Gasteiger partial charge is 0.151 e. The standard InChI is InChI=1S/C25H24N4O/c1-3-13-26-22(11-1)28-16-20-9-5-7-18-15-19-8-6-10-21(25(19)30-24(18)20)17-29-23-12-2-4-14-27-23/h1-4,11-17H,5-10H2,(H,26,28). The number of fused-ring (bicyclic) bond motifs is 1. The first kappa shape index (κ1) is 18.6. The minimum absolute atomic E-state index is 0.718. The van der Waals surface area contributed by atoms with Crippen molar-refractivity contribution in [2.75, 3.05) is 5.32 Å². The molecule has 2 aliphatic carbocycles. The Hall–Kier alpha value is -3.47. The minimum atomic E-state index is 0.718. The van der Waals surface area contributed by atoms with E-state index in [2.05, 4.69) is 26.4 Å². The van der Waals surface area contributed by atoms with E-state index in [1.165, 1.54) is 16.7 Å². The number of nitrogens with one attached hydrogen (secondary N) is 1. The van der Waals surface area contributed by atoms with Crippen molar-refractivity contribution in [2.45, 2.75) is 38.5 Å². The molecule has 0 saturated heterocycles. The van der Waals surface area contributed by atoms with E-state index in [0.717, 1.165) is 67.3 Å². The lowest BCUT2D eigenvalue weighted by Crippen LogP contribution is -2.16. The molecular weight excluding hydrogens is 372 g/mol. The Balaban J connectivity index is 1.44. The van der Waals surface area contributed by atoms with E-state index in [4.69, 9.17) is 4.74 Å². The zero-order chi connectivity index (χ0) is 20.2. The minimum Gasteiger partial charge on any atom is -0.456 e. The fraction of sp³-hybridized carbons (Fsp3) is 0.240. The zero-order valence-electron chi connectivity index (χ0n) is 16.8. The lowest BCUT2D eigenvalue weighted by molar-refractivity contribution is 0.293. The van der Waals surface area contributed by atoms with Gasteiger partial charge in [0.05, 0.1) is 0 Å². The molecule has 0 amide bonds. The van der Waals surface area contributed by atoms with Gasteiger partial charge in [-0.2, -0.15) is 0 Å². The summed E-state index contributed by atoms with van der Waals surface area (Å²) in [5.41, 5.74) is 4.93. The maximum absolute atomic E-state index is 6.55. The average molecular weight is 396 g/mol. The van der Waals surface area contributed by atoms with Crippen LogP contribution in [0.15, 0.2) is 99.9 Å². The number of hydrogen-bond acceptors (Lipinski definition) is 5. The Bertz CT molecular complexity index is 1080. The molecule has 5 heteroatoms. The van der Waals surface area contributed by atoms with E-state index < -0.39 is 0 Å². The summed E-state index contributed by atoms with van der Waals surface area (Å²) in [6, 6.07) is 11.6. The van der Waals surface area contributed by atoms with Crippen LogP contribution >= 0.6 is 0 Å². The van der Waals surface area contributed by atoms with Crippen LogP contribution in [0.3, 0.4) is 0 Å². The molecule has 0 radical (unpaired) electrons. The molecule has 0 unspecified atom stereocenters. The molecule has 3 aliphatic rings. The van der Waals surface area contributed by atoms with Gasteiger partial charge in [-0.25, -0.2) is 15.0 Å². The van der Waals surface area contributed by atoms with Crippen molar-refractivity contribution in [1.29, 1.82) is 0 Å². The SMILES string of the molecule is C(=Nc1ccccn1)C1=C2OC3=C(C=C2CCC1)CCCC3=CNc1ccccn1. The summed E-state index contributed by atoms with van der Waals surface area (Å²) >= 11 is 0. The Labute approximate surface area is 176 Å². The van der Waals surface area contributed by atoms with Gasteiger partial charge in [-0.05, 0) is 80.0 Å². The summed E-state index contributed by atoms with van der Waals surface area (Å²) in [7, 11) is 0. The van der Waals surface area contributed by atoms with Crippen molar-refractivity contribution in [2.24, 2.45) is 4.99 Å². The van der Waals surface area contributed by atoms with Gasteiger partial charge in [-0.3, -0.25) is 0 Å². The first-order chi connectivity index (χ1) is 14.9. The third-order valence-electron chi connectivity index (χ3n) is 5.56. The molecule has 5 nitrogen and oxygen atoms in total. The van der Waals surface area contributed by atoms with Gasteiger partial charge in [0, 0.05) is 36.0 Å². The first-order valence-electron chi connectivity index (χ1n) is 10.5. The van der Waals surface area contributed by atoms with Crippen molar-refractivity contribution in [3.05, 3.63) is 94.9 Å². The molecule has 1 N–H and O–H groups in total. The molecule has 0 saturated carbocycles. The number of ether oxygens (including phenoxy) is 1. The third-order valence-corrected chi connectivity index (χ3v) is 5.56. The van der Waals surface area contributed by atoms with Crippen LogP contribution in [0, 0.1) is 0 Å². The van der Waals surface area contributed by atoms with Crippen molar-refractivity contribution < 1.29 is 4.74 Å². The summed E-state index contributed by atoms with van der Waals surface area (Å²) in [6.07, 6.45) is 16.2. The van der Waals surface area contributed by atoms with Gasteiger partial charge in [-0.1, -0.05) is 12.1 Å². The molecule has 3 heterocycles. The second-order valence-electron chi connectivity index (χ2n) is 7.66. The van der Waals surface area contributed by atoms with Gasteiger partial charge in [0.15, 0.2) is 5.82 Å². The number of allylic oxidation sites excluding steroid dienone is 5.